The third-order valence-electron chi connectivity index (χ3n) is 5.15. The van der Waals surface area contributed by atoms with Gasteiger partial charge in [-0.2, -0.15) is 18.3 Å². The molecule has 1 unspecified atom stereocenters. The Hall–Kier alpha value is -2.51. The minimum atomic E-state index is -4.32. The second kappa shape index (κ2) is 6.90. The Kier molecular flexibility index (Phi) is 4.57. The molecule has 5 nitrogen and oxygen atoms in total. The molecule has 8 heteroatoms. The van der Waals surface area contributed by atoms with Crippen LogP contribution in [0.5, 0.6) is 5.88 Å². The van der Waals surface area contributed by atoms with Crippen LogP contribution in [0, 0.1) is 5.92 Å². The van der Waals surface area contributed by atoms with E-state index in [1.165, 1.54) is 12.1 Å². The Balaban J connectivity index is 1.39. The van der Waals surface area contributed by atoms with Gasteiger partial charge in [0, 0.05) is 26.1 Å². The zero-order valence-electron chi connectivity index (χ0n) is 14.7. The van der Waals surface area contributed by atoms with Gasteiger partial charge in [-0.05, 0) is 36.5 Å². The van der Waals surface area contributed by atoms with Crippen molar-refractivity contribution in [3.05, 3.63) is 47.2 Å². The number of nitrogens with zero attached hydrogens (tertiary/aromatic N) is 3. The number of amides is 1. The molecule has 144 valence electrons. The summed E-state index contributed by atoms with van der Waals surface area (Å²) in [6.45, 7) is 2.56. The molecule has 2 aliphatic heterocycles. The minimum absolute atomic E-state index is 0.0898. The normalized spacial score (nSPS) is 19.7. The van der Waals surface area contributed by atoms with Crippen LogP contribution >= 0.6 is 0 Å². The summed E-state index contributed by atoms with van der Waals surface area (Å²) in [6.07, 6.45) is -0.392. The molecule has 0 N–H and O–H groups in total. The lowest BCUT2D eigenvalue weighted by Gasteiger charge is -2.19. The highest BCUT2D eigenvalue weighted by Gasteiger charge is 2.32. The predicted molar refractivity (Wildman–Crippen MR) is 91.5 cm³/mol. The fourth-order valence-corrected chi connectivity index (χ4v) is 3.73. The van der Waals surface area contributed by atoms with Gasteiger partial charge in [-0.25, -0.2) is 4.68 Å². The highest BCUT2D eigenvalue weighted by atomic mass is 19.4. The number of likely N-dealkylation sites (tertiary alicyclic amines) is 1. The molecule has 1 aromatic heterocycles. The van der Waals surface area contributed by atoms with E-state index >= 15 is 0 Å². The Morgan fingerprint density at radius 3 is 2.74 bits per heavy atom. The minimum Gasteiger partial charge on any atom is -0.477 e. The van der Waals surface area contributed by atoms with Gasteiger partial charge in [0.05, 0.1) is 18.4 Å². The van der Waals surface area contributed by atoms with Crippen LogP contribution < -0.4 is 4.74 Å². The van der Waals surface area contributed by atoms with Crippen LogP contribution in [0.3, 0.4) is 0 Å². The first kappa shape index (κ1) is 17.9. The van der Waals surface area contributed by atoms with E-state index in [-0.39, 0.29) is 11.8 Å². The molecule has 1 saturated heterocycles. The number of hydrogen-bond donors (Lipinski definition) is 0. The second-order valence-corrected chi connectivity index (χ2v) is 7.09. The maximum absolute atomic E-state index is 12.8. The summed E-state index contributed by atoms with van der Waals surface area (Å²) < 4.78 is 45.3. The van der Waals surface area contributed by atoms with E-state index in [2.05, 4.69) is 5.10 Å². The first-order chi connectivity index (χ1) is 12.9. The molecule has 0 spiro atoms. The van der Waals surface area contributed by atoms with Crippen LogP contribution in [-0.4, -0.2) is 40.3 Å². The van der Waals surface area contributed by atoms with Crippen molar-refractivity contribution in [1.82, 2.24) is 14.7 Å². The SMILES string of the molecule is O=C(c1cnn2c1OCCC2)N1CCC(Cc2ccc(C(F)(F)F)cc2)C1. The van der Waals surface area contributed by atoms with Gasteiger partial charge in [0.2, 0.25) is 5.88 Å². The number of fused-ring (bicyclic) bond motifs is 1. The van der Waals surface area contributed by atoms with Crippen molar-refractivity contribution in [3.8, 4) is 5.88 Å². The number of aromatic nitrogens is 2. The third-order valence-corrected chi connectivity index (χ3v) is 5.15. The lowest BCUT2D eigenvalue weighted by atomic mass is 9.98. The van der Waals surface area contributed by atoms with Crippen LogP contribution in [0.1, 0.15) is 34.3 Å². The molecular formula is C19H20F3N3O2. The number of ether oxygens (including phenoxy) is 1. The number of aryl methyl sites for hydroxylation is 1. The van der Waals surface area contributed by atoms with Crippen LogP contribution in [0.25, 0.3) is 0 Å². The average Bonchev–Trinajstić information content (AvgIpc) is 3.28. The molecule has 4 rings (SSSR count). The molecule has 0 aliphatic carbocycles. The lowest BCUT2D eigenvalue weighted by molar-refractivity contribution is -0.137. The van der Waals surface area contributed by atoms with Crippen LogP contribution in [-0.2, 0) is 19.1 Å². The van der Waals surface area contributed by atoms with Crippen LogP contribution in [0.4, 0.5) is 13.2 Å². The standard InChI is InChI=1S/C19H20F3N3O2/c20-19(21,22)15-4-2-13(3-5-15)10-14-6-8-24(12-14)17(26)16-11-23-25-7-1-9-27-18(16)25/h2-5,11,14H,1,6-10,12H2. The van der Waals surface area contributed by atoms with Gasteiger partial charge in [-0.15, -0.1) is 0 Å². The largest absolute Gasteiger partial charge is 0.477 e. The van der Waals surface area contributed by atoms with E-state index in [1.807, 2.05) is 0 Å². The lowest BCUT2D eigenvalue weighted by Crippen LogP contribution is -2.29. The molecule has 0 bridgehead atoms. The van der Waals surface area contributed by atoms with Crippen molar-refractivity contribution < 1.29 is 22.7 Å². The number of rotatable bonds is 3. The van der Waals surface area contributed by atoms with Crippen molar-refractivity contribution in [2.45, 2.75) is 32.0 Å². The number of benzene rings is 1. The molecule has 1 amide bonds. The maximum atomic E-state index is 12.8. The van der Waals surface area contributed by atoms with Crippen LogP contribution in [0.2, 0.25) is 0 Å². The Labute approximate surface area is 154 Å². The van der Waals surface area contributed by atoms with E-state index in [1.54, 1.807) is 15.8 Å². The molecule has 2 aromatic rings. The van der Waals surface area contributed by atoms with Crippen molar-refractivity contribution >= 4 is 5.91 Å². The molecular weight excluding hydrogens is 359 g/mol. The smallest absolute Gasteiger partial charge is 0.416 e. The quantitative estimate of drug-likeness (QED) is 0.821. The van der Waals surface area contributed by atoms with Gasteiger partial charge >= 0.3 is 6.18 Å². The van der Waals surface area contributed by atoms with Gasteiger partial charge in [-0.1, -0.05) is 12.1 Å². The third kappa shape index (κ3) is 3.65. The fourth-order valence-electron chi connectivity index (χ4n) is 3.73. The van der Waals surface area contributed by atoms with Crippen molar-refractivity contribution in [2.24, 2.45) is 5.92 Å². The summed E-state index contributed by atoms with van der Waals surface area (Å²) in [5.41, 5.74) is 0.707. The highest BCUT2D eigenvalue weighted by Crippen LogP contribution is 2.31. The van der Waals surface area contributed by atoms with Gasteiger partial charge < -0.3 is 9.64 Å². The average molecular weight is 379 g/mol. The second-order valence-electron chi connectivity index (χ2n) is 7.09. The Bertz CT molecular complexity index is 830. The number of alkyl halides is 3. The summed E-state index contributed by atoms with van der Waals surface area (Å²) in [5.74, 6) is 0.684. The van der Waals surface area contributed by atoms with Gasteiger partial charge in [-0.3, -0.25) is 4.79 Å². The molecule has 1 atom stereocenters. The molecule has 0 radical (unpaired) electrons. The summed E-state index contributed by atoms with van der Waals surface area (Å²) in [4.78, 5) is 14.6. The van der Waals surface area contributed by atoms with E-state index < -0.39 is 11.7 Å². The number of hydrogen-bond acceptors (Lipinski definition) is 3. The monoisotopic (exact) mass is 379 g/mol. The Morgan fingerprint density at radius 1 is 1.22 bits per heavy atom. The number of carbonyl (C=O) groups is 1. The zero-order valence-corrected chi connectivity index (χ0v) is 14.7. The van der Waals surface area contributed by atoms with Crippen molar-refractivity contribution in [3.63, 3.8) is 0 Å². The molecule has 1 fully saturated rings. The van der Waals surface area contributed by atoms with Gasteiger partial charge in [0.25, 0.3) is 5.91 Å². The fraction of sp³-hybridized carbons (Fsp3) is 0.474. The molecule has 1 aromatic carbocycles. The summed E-state index contributed by atoms with van der Waals surface area (Å²) in [7, 11) is 0. The van der Waals surface area contributed by atoms with E-state index in [0.717, 1.165) is 37.1 Å². The first-order valence-corrected chi connectivity index (χ1v) is 9.06. The van der Waals surface area contributed by atoms with Gasteiger partial charge in [0.15, 0.2) is 0 Å². The highest BCUT2D eigenvalue weighted by molar-refractivity contribution is 5.96. The Morgan fingerprint density at radius 2 is 2.00 bits per heavy atom. The zero-order chi connectivity index (χ0) is 19.0. The molecule has 27 heavy (non-hydrogen) atoms. The van der Waals surface area contributed by atoms with E-state index in [4.69, 9.17) is 4.74 Å². The number of carbonyl (C=O) groups excluding carboxylic acids is 1. The summed E-state index contributed by atoms with van der Waals surface area (Å²) in [6, 6.07) is 5.28. The van der Waals surface area contributed by atoms with E-state index in [0.29, 0.717) is 37.6 Å². The molecule has 0 saturated carbocycles. The maximum Gasteiger partial charge on any atom is 0.416 e. The predicted octanol–water partition coefficient (Wildman–Crippen LogP) is 3.39. The first-order valence-electron chi connectivity index (χ1n) is 9.06. The molecule has 3 heterocycles. The summed E-state index contributed by atoms with van der Waals surface area (Å²) in [5, 5.41) is 4.22. The van der Waals surface area contributed by atoms with Crippen LogP contribution in [0.15, 0.2) is 30.5 Å². The number of halogens is 3. The summed E-state index contributed by atoms with van der Waals surface area (Å²) >= 11 is 0. The van der Waals surface area contributed by atoms with Gasteiger partial charge in [0.1, 0.15) is 5.56 Å². The van der Waals surface area contributed by atoms with Crippen molar-refractivity contribution in [2.75, 3.05) is 19.7 Å². The molecule has 2 aliphatic rings. The van der Waals surface area contributed by atoms with E-state index in [9.17, 15) is 18.0 Å². The topological polar surface area (TPSA) is 47.4 Å². The van der Waals surface area contributed by atoms with Crippen molar-refractivity contribution in [1.29, 1.82) is 0 Å².